The van der Waals surface area contributed by atoms with Gasteiger partial charge in [0.15, 0.2) is 5.75 Å². The number of likely N-dealkylation sites (N-methyl/N-ethyl adjacent to an activating group) is 1. The summed E-state index contributed by atoms with van der Waals surface area (Å²) >= 11 is -1.31. The first kappa shape index (κ1) is 27.2. The van der Waals surface area contributed by atoms with Crippen LogP contribution in [0.3, 0.4) is 0 Å². The lowest BCUT2D eigenvalue weighted by Crippen LogP contribution is -2.47. The number of hydrogen-bond acceptors (Lipinski definition) is 10. The van der Waals surface area contributed by atoms with Gasteiger partial charge in [0.1, 0.15) is 17.9 Å². The molecule has 1 aromatic heterocycles. The lowest BCUT2D eigenvalue weighted by molar-refractivity contribution is 0.0254. The van der Waals surface area contributed by atoms with Gasteiger partial charge in [-0.1, -0.05) is 0 Å². The summed E-state index contributed by atoms with van der Waals surface area (Å²) in [6, 6.07) is 15.0. The molecular weight excluding hydrogens is 516 g/mol. The molecule has 0 radical (unpaired) electrons. The molecule has 10 nitrogen and oxygen atoms in total. The van der Waals surface area contributed by atoms with Crippen LogP contribution in [0.4, 0.5) is 11.6 Å². The predicted molar refractivity (Wildman–Crippen MR) is 148 cm³/mol. The predicted octanol–water partition coefficient (Wildman–Crippen LogP) is 3.60. The maximum atomic E-state index is 13.2. The van der Waals surface area contributed by atoms with Gasteiger partial charge < -0.3 is 29.0 Å². The fourth-order valence-corrected chi connectivity index (χ4v) is 5.82. The molecule has 0 saturated carbocycles. The second-order valence-electron chi connectivity index (χ2n) is 9.49. The van der Waals surface area contributed by atoms with Crippen LogP contribution in [0.15, 0.2) is 53.6 Å². The van der Waals surface area contributed by atoms with Crippen molar-refractivity contribution in [3.63, 3.8) is 0 Å². The van der Waals surface area contributed by atoms with Crippen molar-refractivity contribution in [3.05, 3.63) is 54.2 Å². The summed E-state index contributed by atoms with van der Waals surface area (Å²) in [7, 11) is 3.64. The van der Waals surface area contributed by atoms with E-state index in [0.717, 1.165) is 44.6 Å². The van der Waals surface area contributed by atoms with Gasteiger partial charge in [-0.15, -0.1) is 4.31 Å². The highest BCUT2D eigenvalue weighted by Crippen LogP contribution is 2.32. The van der Waals surface area contributed by atoms with Gasteiger partial charge in [-0.3, -0.25) is 0 Å². The number of ether oxygens (including phenoxy) is 3. The molecule has 11 heteroatoms. The number of methoxy groups -OCH3 is 1. The molecular formula is C28H32N6O4S. The van der Waals surface area contributed by atoms with E-state index in [1.807, 2.05) is 28.6 Å². The molecule has 1 atom stereocenters. The molecule has 204 valence electrons. The molecule has 2 saturated heterocycles. The van der Waals surface area contributed by atoms with E-state index >= 15 is 0 Å². The molecule has 0 aliphatic carbocycles. The summed E-state index contributed by atoms with van der Waals surface area (Å²) in [5.41, 5.74) is 2.62. The summed E-state index contributed by atoms with van der Waals surface area (Å²) in [6.07, 6.45) is 3.34. The molecule has 2 aliphatic rings. The Balaban J connectivity index is 1.31. The normalized spacial score (nSPS) is 17.8. The maximum absolute atomic E-state index is 13.2. The Bertz CT molecular complexity index is 1320. The topological polar surface area (TPSA) is 119 Å². The minimum Gasteiger partial charge on any atom is -0.593 e. The minimum atomic E-state index is -1.31. The smallest absolute Gasteiger partial charge is 0.227 e. The number of piperazine rings is 1. The summed E-state index contributed by atoms with van der Waals surface area (Å²) in [5, 5.41) is 12.9. The number of rotatable bonds is 8. The Kier molecular flexibility index (Phi) is 8.81. The lowest BCUT2D eigenvalue weighted by Gasteiger charge is -2.32. The van der Waals surface area contributed by atoms with Crippen molar-refractivity contribution in [2.45, 2.75) is 23.8 Å². The molecule has 2 fully saturated rings. The van der Waals surface area contributed by atoms with Crippen molar-refractivity contribution in [2.24, 2.45) is 0 Å². The van der Waals surface area contributed by atoms with E-state index in [1.165, 1.54) is 0 Å². The van der Waals surface area contributed by atoms with Crippen LogP contribution in [0.1, 0.15) is 18.4 Å². The Hall–Kier alpha value is -3.40. The van der Waals surface area contributed by atoms with Gasteiger partial charge in [-0.2, -0.15) is 5.26 Å². The number of benzene rings is 2. The molecule has 0 amide bonds. The molecule has 5 rings (SSSR count). The number of aromatic nitrogens is 2. The van der Waals surface area contributed by atoms with Crippen molar-refractivity contribution in [3.8, 4) is 28.8 Å². The Morgan fingerprint density at radius 1 is 1.08 bits per heavy atom. The fourth-order valence-electron chi connectivity index (χ4n) is 4.54. The summed E-state index contributed by atoms with van der Waals surface area (Å²) < 4.78 is 32.2. The largest absolute Gasteiger partial charge is 0.593 e. The van der Waals surface area contributed by atoms with Gasteiger partial charge in [0.2, 0.25) is 10.8 Å². The van der Waals surface area contributed by atoms with Crippen LogP contribution in [0.2, 0.25) is 0 Å². The zero-order valence-corrected chi connectivity index (χ0v) is 22.9. The van der Waals surface area contributed by atoms with E-state index in [1.54, 1.807) is 31.5 Å². The summed E-state index contributed by atoms with van der Waals surface area (Å²) in [6.45, 7) is 4.58. The fraction of sp³-hybridized carbons (Fsp3) is 0.393. The van der Waals surface area contributed by atoms with Crippen molar-refractivity contribution < 1.29 is 18.8 Å². The van der Waals surface area contributed by atoms with Gasteiger partial charge in [0, 0.05) is 55.5 Å². The molecule has 1 unspecified atom stereocenters. The average molecular weight is 549 g/mol. The van der Waals surface area contributed by atoms with Crippen molar-refractivity contribution in [1.82, 2.24) is 19.2 Å². The minimum absolute atomic E-state index is 0.0499. The maximum Gasteiger partial charge on any atom is 0.227 e. The lowest BCUT2D eigenvalue weighted by atomic mass is 10.1. The number of nitrogens with one attached hydrogen (secondary N) is 1. The van der Waals surface area contributed by atoms with Gasteiger partial charge in [-0.05, 0) is 37.4 Å². The first-order chi connectivity index (χ1) is 19.0. The van der Waals surface area contributed by atoms with Crippen LogP contribution in [-0.4, -0.2) is 83.4 Å². The SMILES string of the molecule is COc1cc(Nc2nccc(-c3ccc(OC4CCOCC4)c(C#N)c3)n2)ccc1[S+]([O-])N1CCN(C)CC1. The quantitative estimate of drug-likeness (QED) is 0.418. The van der Waals surface area contributed by atoms with Crippen molar-refractivity contribution >= 4 is 23.0 Å². The van der Waals surface area contributed by atoms with E-state index in [9.17, 15) is 9.81 Å². The average Bonchev–Trinajstić information content (AvgIpc) is 2.98. The third kappa shape index (κ3) is 6.61. The van der Waals surface area contributed by atoms with E-state index in [4.69, 9.17) is 14.2 Å². The van der Waals surface area contributed by atoms with Crippen LogP contribution in [0, 0.1) is 11.3 Å². The standard InChI is InChI=1S/C28H32N6O4S/c1-33-11-13-34(14-12-33)39(35)27-6-4-22(18-26(27)36-2)31-28-30-10-7-24(32-28)20-3-5-25(21(17-20)19-29)38-23-8-15-37-16-9-23/h3-7,10,17-18,23H,8-9,11-16H2,1-2H3,(H,30,31,32). The highest BCUT2D eigenvalue weighted by molar-refractivity contribution is 7.89. The first-order valence-corrected chi connectivity index (χ1v) is 14.1. The van der Waals surface area contributed by atoms with Crippen LogP contribution < -0.4 is 14.8 Å². The van der Waals surface area contributed by atoms with E-state index in [-0.39, 0.29) is 6.10 Å². The molecule has 0 spiro atoms. The second kappa shape index (κ2) is 12.6. The highest BCUT2D eigenvalue weighted by Gasteiger charge is 2.29. The summed E-state index contributed by atoms with van der Waals surface area (Å²) in [5.74, 6) is 1.50. The van der Waals surface area contributed by atoms with Crippen LogP contribution in [-0.2, 0) is 16.1 Å². The van der Waals surface area contributed by atoms with Crippen molar-refractivity contribution in [1.29, 1.82) is 5.26 Å². The monoisotopic (exact) mass is 548 g/mol. The number of hydrogen-bond donors (Lipinski definition) is 1. The van der Waals surface area contributed by atoms with E-state index in [0.29, 0.717) is 52.5 Å². The van der Waals surface area contributed by atoms with Crippen LogP contribution in [0.25, 0.3) is 11.3 Å². The zero-order valence-electron chi connectivity index (χ0n) is 22.1. The molecule has 3 heterocycles. The van der Waals surface area contributed by atoms with Crippen LogP contribution in [0.5, 0.6) is 11.5 Å². The van der Waals surface area contributed by atoms with Gasteiger partial charge in [-0.25, -0.2) is 9.97 Å². The van der Waals surface area contributed by atoms with Crippen LogP contribution >= 0.6 is 0 Å². The molecule has 2 aliphatic heterocycles. The molecule has 39 heavy (non-hydrogen) atoms. The molecule has 2 aromatic carbocycles. The molecule has 0 bridgehead atoms. The first-order valence-electron chi connectivity index (χ1n) is 13.0. The van der Waals surface area contributed by atoms with Gasteiger partial charge in [0.25, 0.3) is 0 Å². The van der Waals surface area contributed by atoms with Crippen molar-refractivity contribution in [2.75, 3.05) is 58.9 Å². The van der Waals surface area contributed by atoms with E-state index in [2.05, 4.69) is 33.3 Å². The third-order valence-corrected chi connectivity index (χ3v) is 8.37. The molecule has 1 N–H and O–H groups in total. The third-order valence-electron chi connectivity index (χ3n) is 6.82. The number of nitrogens with zero attached hydrogens (tertiary/aromatic N) is 5. The van der Waals surface area contributed by atoms with Gasteiger partial charge >= 0.3 is 0 Å². The molecule has 3 aromatic rings. The number of anilines is 2. The van der Waals surface area contributed by atoms with Gasteiger partial charge in [0.05, 0.1) is 56.0 Å². The zero-order chi connectivity index (χ0) is 27.2. The Labute approximate surface area is 231 Å². The van der Waals surface area contributed by atoms with E-state index < -0.39 is 11.4 Å². The Morgan fingerprint density at radius 3 is 2.62 bits per heavy atom. The second-order valence-corrected chi connectivity index (χ2v) is 10.9. The summed E-state index contributed by atoms with van der Waals surface area (Å²) in [4.78, 5) is 11.9. The number of nitriles is 1. The Morgan fingerprint density at radius 2 is 1.87 bits per heavy atom. The highest BCUT2D eigenvalue weighted by atomic mass is 32.2.